The molecule has 1 atom stereocenters. The van der Waals surface area contributed by atoms with Gasteiger partial charge < -0.3 is 15.0 Å². The molecule has 2 N–H and O–H groups in total. The molecule has 1 aromatic heterocycles. The topological polar surface area (TPSA) is 96.2 Å². The number of aromatic nitrogens is 2. The van der Waals surface area contributed by atoms with Crippen LogP contribution < -0.4 is 5.73 Å². The van der Waals surface area contributed by atoms with Gasteiger partial charge in [0.2, 0.25) is 0 Å². The van der Waals surface area contributed by atoms with E-state index in [0.29, 0.717) is 18.9 Å². The highest BCUT2D eigenvalue weighted by Crippen LogP contribution is 2.31. The molecule has 1 aromatic carbocycles. The van der Waals surface area contributed by atoms with Crippen molar-refractivity contribution in [2.75, 3.05) is 6.61 Å². The molecule has 7 nitrogen and oxygen atoms in total. The first-order valence-electron chi connectivity index (χ1n) is 9.08. The summed E-state index contributed by atoms with van der Waals surface area (Å²) in [6.07, 6.45) is 3.78. The molecular weight excluding hydrogens is 379 g/mol. The fraction of sp³-hybridized carbons (Fsp3) is 0.421. The summed E-state index contributed by atoms with van der Waals surface area (Å²) in [7, 11) is -1.22. The number of rotatable bonds is 10. The van der Waals surface area contributed by atoms with Crippen LogP contribution in [0.25, 0.3) is 11.3 Å². The lowest BCUT2D eigenvalue weighted by atomic mass is 10.1. The van der Waals surface area contributed by atoms with Crippen LogP contribution in [0.5, 0.6) is 0 Å². The Balaban J connectivity index is 2.35. The lowest BCUT2D eigenvalue weighted by Gasteiger charge is -2.17. The first-order chi connectivity index (χ1) is 13.1. The molecule has 2 aromatic rings. The summed E-state index contributed by atoms with van der Waals surface area (Å²) >= 11 is 0. The number of imidazole rings is 1. The number of halogens is 1. The van der Waals surface area contributed by atoms with Gasteiger partial charge in [-0.15, -0.1) is 6.58 Å². The molecule has 1 heterocycles. The van der Waals surface area contributed by atoms with Gasteiger partial charge in [0.1, 0.15) is 18.4 Å². The van der Waals surface area contributed by atoms with Crippen LogP contribution in [-0.2, 0) is 11.5 Å². The van der Waals surface area contributed by atoms with Crippen molar-refractivity contribution < 1.29 is 14.1 Å². The minimum absolute atomic E-state index is 0.109. The molecule has 0 radical (unpaired) electrons. The van der Waals surface area contributed by atoms with Crippen molar-refractivity contribution in [2.24, 2.45) is 5.73 Å². The minimum Gasteiger partial charge on any atom is -0.361 e. The van der Waals surface area contributed by atoms with Gasteiger partial charge in [-0.1, -0.05) is 25.7 Å². The van der Waals surface area contributed by atoms with Crippen LogP contribution in [0.4, 0.5) is 10.1 Å². The number of nitrogens with two attached hydrogens (primary N) is 1. The zero-order chi connectivity index (χ0) is 20.9. The van der Waals surface area contributed by atoms with E-state index in [9.17, 15) is 14.5 Å². The van der Waals surface area contributed by atoms with E-state index in [1.807, 2.05) is 0 Å². The molecule has 0 aliphatic rings. The van der Waals surface area contributed by atoms with Crippen molar-refractivity contribution in [3.05, 3.63) is 58.8 Å². The largest absolute Gasteiger partial charge is 0.361 e. The highest BCUT2D eigenvalue weighted by molar-refractivity contribution is 6.76. The van der Waals surface area contributed by atoms with Crippen LogP contribution in [0, 0.1) is 15.9 Å². The van der Waals surface area contributed by atoms with Crippen LogP contribution in [0.15, 0.2) is 37.1 Å². The number of hydrogen-bond acceptors (Lipinski definition) is 5. The fourth-order valence-corrected chi connectivity index (χ4v) is 3.41. The third kappa shape index (κ3) is 5.82. The Kier molecular flexibility index (Phi) is 7.22. The van der Waals surface area contributed by atoms with Crippen LogP contribution in [0.2, 0.25) is 25.7 Å². The molecule has 152 valence electrons. The summed E-state index contributed by atoms with van der Waals surface area (Å²) in [5.41, 5.74) is 6.37. The molecule has 0 fully saturated rings. The maximum Gasteiger partial charge on any atom is 0.279 e. The summed E-state index contributed by atoms with van der Waals surface area (Å²) in [4.78, 5) is 15.2. The standard InChI is InChI=1S/C19H27FN4O3Si/c1-5-6-16(21)19-22-17(12-23(19)13-27-9-10-28(2,3)4)15-11-14(20)7-8-18(15)24(25)26/h5,7-8,11-12,16H,1,6,9-10,13,21H2,2-4H3/t16-/m0/s1. The van der Waals surface area contributed by atoms with Gasteiger partial charge >= 0.3 is 0 Å². The summed E-state index contributed by atoms with van der Waals surface area (Å²) < 4.78 is 21.2. The van der Waals surface area contributed by atoms with Gasteiger partial charge in [-0.25, -0.2) is 9.37 Å². The van der Waals surface area contributed by atoms with Crippen molar-refractivity contribution in [1.82, 2.24) is 9.55 Å². The van der Waals surface area contributed by atoms with E-state index in [2.05, 4.69) is 31.2 Å². The Morgan fingerprint density at radius 3 is 2.79 bits per heavy atom. The smallest absolute Gasteiger partial charge is 0.279 e. The van der Waals surface area contributed by atoms with Crippen molar-refractivity contribution in [1.29, 1.82) is 0 Å². The molecular formula is C19H27FN4O3Si. The second kappa shape index (κ2) is 9.22. The SMILES string of the molecule is C=CC[C@H](N)c1nc(-c2cc(F)ccc2[N+](=O)[O-])cn1COCC[Si](C)(C)C. The molecule has 2 rings (SSSR count). The Morgan fingerprint density at radius 2 is 2.18 bits per heavy atom. The van der Waals surface area contributed by atoms with E-state index in [1.165, 1.54) is 0 Å². The zero-order valence-corrected chi connectivity index (χ0v) is 17.5. The van der Waals surface area contributed by atoms with E-state index in [0.717, 1.165) is 24.2 Å². The van der Waals surface area contributed by atoms with E-state index >= 15 is 0 Å². The van der Waals surface area contributed by atoms with Crippen molar-refractivity contribution in [3.63, 3.8) is 0 Å². The first-order valence-corrected chi connectivity index (χ1v) is 12.8. The van der Waals surface area contributed by atoms with E-state index < -0.39 is 24.9 Å². The average Bonchev–Trinajstić information content (AvgIpc) is 3.02. The van der Waals surface area contributed by atoms with Crippen LogP contribution >= 0.6 is 0 Å². The predicted molar refractivity (Wildman–Crippen MR) is 110 cm³/mol. The Labute approximate surface area is 165 Å². The van der Waals surface area contributed by atoms with Crippen molar-refractivity contribution in [2.45, 2.75) is 44.9 Å². The molecule has 0 spiro atoms. The maximum atomic E-state index is 13.7. The lowest BCUT2D eigenvalue weighted by molar-refractivity contribution is -0.384. The molecule has 0 amide bonds. The molecule has 0 bridgehead atoms. The number of hydrogen-bond donors (Lipinski definition) is 1. The molecule has 0 unspecified atom stereocenters. The number of nitro groups is 1. The first kappa shape index (κ1) is 21.9. The zero-order valence-electron chi connectivity index (χ0n) is 16.5. The molecule has 0 aliphatic carbocycles. The summed E-state index contributed by atoms with van der Waals surface area (Å²) in [6, 6.07) is 3.87. The minimum atomic E-state index is -1.22. The van der Waals surface area contributed by atoms with Gasteiger partial charge in [0.15, 0.2) is 0 Å². The molecule has 28 heavy (non-hydrogen) atoms. The summed E-state index contributed by atoms with van der Waals surface area (Å²) in [5, 5.41) is 11.3. The van der Waals surface area contributed by atoms with Gasteiger partial charge in [0.05, 0.1) is 22.2 Å². The van der Waals surface area contributed by atoms with Gasteiger partial charge in [-0.3, -0.25) is 10.1 Å². The molecule has 9 heteroatoms. The Hall–Kier alpha value is -2.36. The van der Waals surface area contributed by atoms with Gasteiger partial charge in [-0.05, 0) is 24.6 Å². The van der Waals surface area contributed by atoms with E-state index in [4.69, 9.17) is 10.5 Å². The summed E-state index contributed by atoms with van der Waals surface area (Å²) in [5.74, 6) is -0.0556. The predicted octanol–water partition coefficient (Wildman–Crippen LogP) is 4.49. The van der Waals surface area contributed by atoms with Crippen LogP contribution in [0.3, 0.4) is 0 Å². The molecule has 0 saturated carbocycles. The van der Waals surface area contributed by atoms with Crippen LogP contribution in [0.1, 0.15) is 18.3 Å². The number of nitro benzene ring substituents is 1. The van der Waals surface area contributed by atoms with E-state index in [-0.39, 0.29) is 23.7 Å². The van der Waals surface area contributed by atoms with Crippen molar-refractivity contribution >= 4 is 13.8 Å². The van der Waals surface area contributed by atoms with E-state index in [1.54, 1.807) is 16.8 Å². The third-order valence-electron chi connectivity index (χ3n) is 4.22. The fourth-order valence-electron chi connectivity index (χ4n) is 2.66. The highest BCUT2D eigenvalue weighted by atomic mass is 28.3. The molecule has 0 saturated heterocycles. The average molecular weight is 407 g/mol. The van der Waals surface area contributed by atoms with Gasteiger partial charge in [0.25, 0.3) is 5.69 Å². The second-order valence-electron chi connectivity index (χ2n) is 7.85. The Bertz CT molecular complexity index is 848. The molecule has 0 aliphatic heterocycles. The number of nitrogens with zero attached hydrogens (tertiary/aromatic N) is 3. The monoisotopic (exact) mass is 406 g/mol. The summed E-state index contributed by atoms with van der Waals surface area (Å²) in [6.45, 7) is 11.3. The quantitative estimate of drug-likeness (QED) is 0.206. The number of benzene rings is 1. The lowest BCUT2D eigenvalue weighted by Crippen LogP contribution is -2.22. The Morgan fingerprint density at radius 1 is 1.46 bits per heavy atom. The third-order valence-corrected chi connectivity index (χ3v) is 5.92. The van der Waals surface area contributed by atoms with Crippen LogP contribution in [-0.4, -0.2) is 29.2 Å². The second-order valence-corrected chi connectivity index (χ2v) is 13.5. The maximum absolute atomic E-state index is 13.7. The van der Waals surface area contributed by atoms with Crippen molar-refractivity contribution in [3.8, 4) is 11.3 Å². The normalized spacial score (nSPS) is 12.8. The number of ether oxygens (including phenoxy) is 1. The van der Waals surface area contributed by atoms with Gasteiger partial charge in [-0.2, -0.15) is 0 Å². The van der Waals surface area contributed by atoms with Gasteiger partial charge in [0, 0.05) is 26.9 Å². The highest BCUT2D eigenvalue weighted by Gasteiger charge is 2.22.